The number of benzene rings is 1. The summed E-state index contributed by atoms with van der Waals surface area (Å²) in [7, 11) is 1.21. The predicted molar refractivity (Wildman–Crippen MR) is 49.3 cm³/mol. The molecule has 1 aromatic carbocycles. The van der Waals surface area contributed by atoms with Gasteiger partial charge in [-0.3, -0.25) is 4.79 Å². The van der Waals surface area contributed by atoms with Gasteiger partial charge in [0.05, 0.1) is 7.11 Å². The maximum Gasteiger partial charge on any atom is 0.372 e. The van der Waals surface area contributed by atoms with Crippen molar-refractivity contribution < 1.29 is 28.2 Å². The molecule has 0 aliphatic rings. The van der Waals surface area contributed by atoms with E-state index in [4.69, 9.17) is 9.84 Å². The molecule has 16 heavy (non-hydrogen) atoms. The Bertz CT molecular complexity index is 443. The lowest BCUT2D eigenvalue weighted by Crippen LogP contribution is -2.15. The average molecular weight is 230 g/mol. The van der Waals surface area contributed by atoms with Gasteiger partial charge in [-0.15, -0.1) is 0 Å². The van der Waals surface area contributed by atoms with Gasteiger partial charge in [0.1, 0.15) is 5.75 Å². The van der Waals surface area contributed by atoms with Gasteiger partial charge in [-0.05, 0) is 6.07 Å². The van der Waals surface area contributed by atoms with Crippen LogP contribution in [0, 0.1) is 11.6 Å². The van der Waals surface area contributed by atoms with Crippen LogP contribution < -0.4 is 4.74 Å². The largest absolute Gasteiger partial charge is 0.496 e. The summed E-state index contributed by atoms with van der Waals surface area (Å²) in [5.74, 6) is -5.10. The molecule has 1 rings (SSSR count). The van der Waals surface area contributed by atoms with Crippen LogP contribution in [0.15, 0.2) is 12.1 Å². The van der Waals surface area contributed by atoms with E-state index in [0.29, 0.717) is 0 Å². The number of hydrogen-bond donors (Lipinski definition) is 1. The van der Waals surface area contributed by atoms with Gasteiger partial charge in [0.15, 0.2) is 11.6 Å². The molecule has 0 atom stereocenters. The van der Waals surface area contributed by atoms with Gasteiger partial charge in [-0.1, -0.05) is 0 Å². The lowest BCUT2D eigenvalue weighted by molar-refractivity contribution is -0.148. The van der Waals surface area contributed by atoms with E-state index in [1.54, 1.807) is 0 Å². The van der Waals surface area contributed by atoms with Crippen molar-refractivity contribution in [3.05, 3.63) is 29.3 Å². The van der Waals surface area contributed by atoms with Crippen LogP contribution in [-0.4, -0.2) is 24.0 Å². The van der Waals surface area contributed by atoms with Crippen molar-refractivity contribution in [1.29, 1.82) is 0 Å². The van der Waals surface area contributed by atoms with Crippen molar-refractivity contribution in [2.45, 2.75) is 6.42 Å². The van der Waals surface area contributed by atoms with E-state index >= 15 is 0 Å². The lowest BCUT2D eigenvalue weighted by Gasteiger charge is -2.07. The Kier molecular flexibility index (Phi) is 3.55. The van der Waals surface area contributed by atoms with Crippen molar-refractivity contribution >= 4 is 11.8 Å². The molecule has 0 amide bonds. The summed E-state index contributed by atoms with van der Waals surface area (Å²) in [6.45, 7) is 0. The van der Waals surface area contributed by atoms with Crippen LogP contribution in [0.5, 0.6) is 5.75 Å². The zero-order valence-corrected chi connectivity index (χ0v) is 8.29. The minimum absolute atomic E-state index is 0.00574. The highest BCUT2D eigenvalue weighted by atomic mass is 19.2. The fourth-order valence-electron chi connectivity index (χ4n) is 1.15. The highest BCUT2D eigenvalue weighted by Crippen LogP contribution is 2.22. The quantitative estimate of drug-likeness (QED) is 0.788. The second kappa shape index (κ2) is 4.69. The topological polar surface area (TPSA) is 63.6 Å². The minimum atomic E-state index is -1.63. The number of aliphatic carboxylic acids is 1. The van der Waals surface area contributed by atoms with Gasteiger partial charge < -0.3 is 9.84 Å². The molecule has 4 nitrogen and oxygen atoms in total. The lowest BCUT2D eigenvalue weighted by atomic mass is 10.1. The highest BCUT2D eigenvalue weighted by Gasteiger charge is 2.17. The van der Waals surface area contributed by atoms with E-state index in [9.17, 15) is 18.4 Å². The zero-order valence-electron chi connectivity index (χ0n) is 8.29. The number of carbonyl (C=O) groups excluding carboxylic acids is 1. The molecule has 0 aliphatic heterocycles. The first-order chi connectivity index (χ1) is 7.45. The molecular formula is C10H8F2O4. The Morgan fingerprint density at radius 2 is 1.88 bits per heavy atom. The molecule has 0 heterocycles. The van der Waals surface area contributed by atoms with E-state index < -0.39 is 29.8 Å². The van der Waals surface area contributed by atoms with Gasteiger partial charge in [-0.2, -0.15) is 0 Å². The molecule has 1 N–H and O–H groups in total. The van der Waals surface area contributed by atoms with E-state index in [-0.39, 0.29) is 11.3 Å². The first-order valence-corrected chi connectivity index (χ1v) is 4.23. The maximum atomic E-state index is 12.9. The third-order valence-corrected chi connectivity index (χ3v) is 1.91. The summed E-state index contributed by atoms with van der Waals surface area (Å²) in [6.07, 6.45) is -0.546. The zero-order chi connectivity index (χ0) is 12.3. The van der Waals surface area contributed by atoms with E-state index in [1.165, 1.54) is 7.11 Å². The summed E-state index contributed by atoms with van der Waals surface area (Å²) in [5.41, 5.74) is -0.00574. The number of methoxy groups -OCH3 is 1. The van der Waals surface area contributed by atoms with Gasteiger partial charge in [-0.25, -0.2) is 13.6 Å². The molecule has 1 aromatic rings. The molecule has 0 aliphatic carbocycles. The summed E-state index contributed by atoms with van der Waals surface area (Å²) in [5, 5.41) is 8.37. The number of ether oxygens (including phenoxy) is 1. The number of carbonyl (C=O) groups is 2. The monoisotopic (exact) mass is 230 g/mol. The number of carboxylic acid groups (broad SMARTS) is 1. The van der Waals surface area contributed by atoms with E-state index in [0.717, 1.165) is 12.1 Å². The smallest absolute Gasteiger partial charge is 0.372 e. The third-order valence-electron chi connectivity index (χ3n) is 1.91. The van der Waals surface area contributed by atoms with Crippen LogP contribution in [-0.2, 0) is 16.0 Å². The highest BCUT2D eigenvalue weighted by molar-refractivity contribution is 6.33. The van der Waals surface area contributed by atoms with E-state index in [1.807, 2.05) is 0 Å². The van der Waals surface area contributed by atoms with Gasteiger partial charge >= 0.3 is 5.97 Å². The number of carboxylic acids is 1. The van der Waals surface area contributed by atoms with Crippen LogP contribution >= 0.6 is 0 Å². The Morgan fingerprint density at radius 1 is 1.31 bits per heavy atom. The second-order valence-electron chi connectivity index (χ2n) is 2.98. The van der Waals surface area contributed by atoms with Crippen molar-refractivity contribution in [2.24, 2.45) is 0 Å². The third kappa shape index (κ3) is 2.53. The van der Waals surface area contributed by atoms with E-state index in [2.05, 4.69) is 0 Å². The predicted octanol–water partition coefficient (Wildman–Crippen LogP) is 1.17. The van der Waals surface area contributed by atoms with Crippen LogP contribution in [0.4, 0.5) is 8.78 Å². The molecule has 0 fully saturated rings. The van der Waals surface area contributed by atoms with Crippen LogP contribution in [0.3, 0.4) is 0 Å². The van der Waals surface area contributed by atoms with Crippen molar-refractivity contribution in [3.8, 4) is 5.75 Å². The SMILES string of the molecule is COc1cc(F)c(F)cc1CC(=O)C(=O)O. The molecule has 0 unspecified atom stereocenters. The van der Waals surface area contributed by atoms with Gasteiger partial charge in [0, 0.05) is 18.1 Å². The molecule has 0 bridgehead atoms. The first kappa shape index (κ1) is 12.1. The molecular weight excluding hydrogens is 222 g/mol. The molecule has 0 radical (unpaired) electrons. The van der Waals surface area contributed by atoms with Crippen LogP contribution in [0.1, 0.15) is 5.56 Å². The standard InChI is InChI=1S/C10H8F2O4/c1-16-9-4-7(12)6(11)2-5(9)3-8(13)10(14)15/h2,4H,3H2,1H3,(H,14,15). The molecule has 0 saturated heterocycles. The number of Topliss-reactive ketones (excluding diaryl/α,β-unsaturated/α-hetero) is 1. The summed E-state index contributed by atoms with van der Waals surface area (Å²) < 4.78 is 30.4. The summed E-state index contributed by atoms with van der Waals surface area (Å²) >= 11 is 0. The number of ketones is 1. The summed E-state index contributed by atoms with van der Waals surface area (Å²) in [6, 6.07) is 1.51. The Labute approximate surface area is 89.5 Å². The van der Waals surface area contributed by atoms with Gasteiger partial charge in [0.2, 0.25) is 5.78 Å². The summed E-state index contributed by atoms with van der Waals surface area (Å²) in [4.78, 5) is 21.2. The Morgan fingerprint density at radius 3 is 2.38 bits per heavy atom. The van der Waals surface area contributed by atoms with Crippen LogP contribution in [0.25, 0.3) is 0 Å². The van der Waals surface area contributed by atoms with Crippen LogP contribution in [0.2, 0.25) is 0 Å². The average Bonchev–Trinajstić information content (AvgIpc) is 2.22. The number of rotatable bonds is 4. The van der Waals surface area contributed by atoms with Crippen molar-refractivity contribution in [3.63, 3.8) is 0 Å². The fraction of sp³-hybridized carbons (Fsp3) is 0.200. The number of halogens is 2. The molecule has 0 aromatic heterocycles. The second-order valence-corrected chi connectivity index (χ2v) is 2.98. The normalized spacial score (nSPS) is 9.94. The maximum absolute atomic E-state index is 12.9. The first-order valence-electron chi connectivity index (χ1n) is 4.23. The molecule has 6 heteroatoms. The molecule has 0 spiro atoms. The Hall–Kier alpha value is -1.98. The molecule has 86 valence electrons. The Balaban J connectivity index is 3.08. The minimum Gasteiger partial charge on any atom is -0.496 e. The number of hydrogen-bond acceptors (Lipinski definition) is 3. The fourth-order valence-corrected chi connectivity index (χ4v) is 1.15. The van der Waals surface area contributed by atoms with Gasteiger partial charge in [0.25, 0.3) is 0 Å². The van der Waals surface area contributed by atoms with Crippen molar-refractivity contribution in [1.82, 2.24) is 0 Å². The van der Waals surface area contributed by atoms with Crippen molar-refractivity contribution in [2.75, 3.05) is 7.11 Å². The molecule has 0 saturated carbocycles.